The molecule has 0 radical (unpaired) electrons. The minimum absolute atomic E-state index is 0.170. The molecule has 9 nitrogen and oxygen atoms in total. The highest BCUT2D eigenvalue weighted by Crippen LogP contribution is 2.42. The van der Waals surface area contributed by atoms with E-state index in [1.807, 2.05) is 56.3 Å². The number of hydrogen-bond donors (Lipinski definition) is 0. The second-order valence-electron chi connectivity index (χ2n) is 10.9. The number of rotatable bonds is 7. The van der Waals surface area contributed by atoms with Crippen LogP contribution >= 0.6 is 11.3 Å². The SMILES string of the molecule is [C-]#[N+]c1sc(N(C)c2c(CC)nc3ccc(N4CC[C@H](CC(=O)OC(C)(C)C)C4)nn23)nc1-c1ccc(F)cc1. The molecule has 11 heteroatoms. The third-order valence-corrected chi connectivity index (χ3v) is 7.78. The fourth-order valence-electron chi connectivity index (χ4n) is 4.93. The summed E-state index contributed by atoms with van der Waals surface area (Å²) in [7, 11) is 1.89. The Morgan fingerprint density at radius 2 is 1.98 bits per heavy atom. The van der Waals surface area contributed by atoms with Gasteiger partial charge >= 0.3 is 5.97 Å². The Morgan fingerprint density at radius 1 is 1.23 bits per heavy atom. The van der Waals surface area contributed by atoms with Gasteiger partial charge in [-0.3, -0.25) is 4.79 Å². The lowest BCUT2D eigenvalue weighted by molar-refractivity contribution is -0.155. The highest BCUT2D eigenvalue weighted by molar-refractivity contribution is 7.20. The maximum atomic E-state index is 13.5. The van der Waals surface area contributed by atoms with Gasteiger partial charge in [-0.05, 0) is 69.4 Å². The molecule has 208 valence electrons. The van der Waals surface area contributed by atoms with Crippen LogP contribution < -0.4 is 9.80 Å². The van der Waals surface area contributed by atoms with E-state index < -0.39 is 5.60 Å². The van der Waals surface area contributed by atoms with Crippen LogP contribution in [0.5, 0.6) is 0 Å². The zero-order valence-electron chi connectivity index (χ0n) is 23.3. The van der Waals surface area contributed by atoms with Crippen molar-refractivity contribution in [1.82, 2.24) is 19.6 Å². The smallest absolute Gasteiger partial charge is 0.306 e. The molecule has 3 aromatic heterocycles. The lowest BCUT2D eigenvalue weighted by Gasteiger charge is -2.21. The molecule has 0 N–H and O–H groups in total. The third kappa shape index (κ3) is 5.63. The van der Waals surface area contributed by atoms with E-state index in [1.165, 1.54) is 23.5 Å². The van der Waals surface area contributed by atoms with E-state index in [4.69, 9.17) is 26.4 Å². The first-order valence-electron chi connectivity index (χ1n) is 13.3. The van der Waals surface area contributed by atoms with Crippen LogP contribution in [0.2, 0.25) is 0 Å². The first-order chi connectivity index (χ1) is 19.1. The van der Waals surface area contributed by atoms with Gasteiger partial charge in [0.2, 0.25) is 0 Å². The van der Waals surface area contributed by atoms with Gasteiger partial charge in [0.1, 0.15) is 17.2 Å². The fourth-order valence-corrected chi connectivity index (χ4v) is 5.77. The number of carbonyl (C=O) groups excluding carboxylic acids is 1. The van der Waals surface area contributed by atoms with Crippen molar-refractivity contribution in [2.45, 2.75) is 52.6 Å². The van der Waals surface area contributed by atoms with E-state index in [-0.39, 0.29) is 17.7 Å². The first-order valence-corrected chi connectivity index (χ1v) is 14.1. The molecule has 0 aliphatic carbocycles. The Hall–Kier alpha value is -4.04. The predicted octanol–water partition coefficient (Wildman–Crippen LogP) is 6.43. The Bertz CT molecular complexity index is 1580. The molecule has 4 heterocycles. The lowest BCUT2D eigenvalue weighted by Crippen LogP contribution is -2.26. The summed E-state index contributed by atoms with van der Waals surface area (Å²) in [5.41, 5.74) is 2.30. The average Bonchev–Trinajstić information content (AvgIpc) is 3.63. The number of halogens is 1. The molecule has 5 rings (SSSR count). The minimum atomic E-state index is -0.491. The van der Waals surface area contributed by atoms with Crippen LogP contribution in [0.1, 0.15) is 46.2 Å². The summed E-state index contributed by atoms with van der Waals surface area (Å²) < 4.78 is 20.8. The molecule has 4 aromatic rings. The summed E-state index contributed by atoms with van der Waals surface area (Å²) in [4.78, 5) is 29.7. The van der Waals surface area contributed by atoms with Crippen LogP contribution in [0, 0.1) is 18.3 Å². The lowest BCUT2D eigenvalue weighted by atomic mass is 10.1. The topological polar surface area (TPSA) is 80.2 Å². The van der Waals surface area contributed by atoms with Crippen LogP contribution in [-0.2, 0) is 16.0 Å². The Labute approximate surface area is 237 Å². The van der Waals surface area contributed by atoms with Gasteiger partial charge in [0.05, 0.1) is 24.4 Å². The molecule has 40 heavy (non-hydrogen) atoms. The number of esters is 1. The normalized spacial score (nSPS) is 15.4. The maximum Gasteiger partial charge on any atom is 0.306 e. The van der Waals surface area contributed by atoms with Crippen LogP contribution in [0.3, 0.4) is 0 Å². The Morgan fingerprint density at radius 3 is 2.65 bits per heavy atom. The zero-order chi connectivity index (χ0) is 28.6. The van der Waals surface area contributed by atoms with Crippen LogP contribution in [-0.4, -0.2) is 51.3 Å². The summed E-state index contributed by atoms with van der Waals surface area (Å²) in [6.45, 7) is 16.9. The van der Waals surface area contributed by atoms with Crippen LogP contribution in [0.4, 0.5) is 26.2 Å². The standard InChI is InChI=1S/C29H32FN7O2S/c1-7-21-27(35(6)28-33-25(26(31-5)40-28)19-8-10-20(30)11-9-19)37-22(32-21)12-13-23(34-37)36-15-14-18(17-36)16-24(38)39-29(2,3)4/h8-13,18H,7,14-17H2,1-4,6H3/t18-/m1/s1. The van der Waals surface area contributed by atoms with E-state index in [1.54, 1.807) is 12.1 Å². The molecule has 1 aliphatic heterocycles. The molecule has 0 amide bonds. The predicted molar refractivity (Wildman–Crippen MR) is 155 cm³/mol. The van der Waals surface area contributed by atoms with Gasteiger partial charge in [-0.15, -0.1) is 16.4 Å². The van der Waals surface area contributed by atoms with Crippen molar-refractivity contribution in [2.75, 3.05) is 29.9 Å². The largest absolute Gasteiger partial charge is 0.460 e. The monoisotopic (exact) mass is 561 g/mol. The number of fused-ring (bicyclic) bond motifs is 1. The van der Waals surface area contributed by atoms with Crippen molar-refractivity contribution in [3.8, 4) is 11.3 Å². The molecule has 0 bridgehead atoms. The number of thiazole rings is 1. The first kappa shape index (κ1) is 27.5. The van der Waals surface area contributed by atoms with E-state index in [9.17, 15) is 9.18 Å². The summed E-state index contributed by atoms with van der Waals surface area (Å²) in [5, 5.41) is 6.01. The Kier molecular flexibility index (Phi) is 7.47. The fraction of sp³-hybridized carbons (Fsp3) is 0.414. The average molecular weight is 562 g/mol. The molecule has 1 atom stereocenters. The number of benzene rings is 1. The van der Waals surface area contributed by atoms with E-state index in [2.05, 4.69) is 9.74 Å². The van der Waals surface area contributed by atoms with Gasteiger partial charge in [0, 0.05) is 20.1 Å². The Balaban J connectivity index is 1.43. The molecule has 1 aliphatic rings. The highest BCUT2D eigenvalue weighted by atomic mass is 32.1. The number of nitrogens with zero attached hydrogens (tertiary/aromatic N) is 7. The quantitative estimate of drug-likeness (QED) is 0.190. The number of ether oxygens (including phenoxy) is 1. The zero-order valence-corrected chi connectivity index (χ0v) is 24.1. The van der Waals surface area contributed by atoms with Gasteiger partial charge in [0.15, 0.2) is 16.6 Å². The van der Waals surface area contributed by atoms with Crippen LogP contribution in [0.25, 0.3) is 21.7 Å². The van der Waals surface area contributed by atoms with Crippen molar-refractivity contribution >= 4 is 44.7 Å². The van der Waals surface area contributed by atoms with E-state index in [0.29, 0.717) is 39.9 Å². The van der Waals surface area contributed by atoms with Crippen molar-refractivity contribution in [3.05, 3.63) is 59.3 Å². The van der Waals surface area contributed by atoms with Gasteiger partial charge in [-0.25, -0.2) is 19.2 Å². The summed E-state index contributed by atoms with van der Waals surface area (Å²) >= 11 is 1.28. The molecule has 1 fully saturated rings. The third-order valence-electron chi connectivity index (χ3n) is 6.75. The molecule has 0 unspecified atom stereocenters. The molecular weight excluding hydrogens is 529 g/mol. The molecule has 0 spiro atoms. The second-order valence-corrected chi connectivity index (χ2v) is 11.9. The van der Waals surface area contributed by atoms with Crippen molar-refractivity contribution < 1.29 is 13.9 Å². The number of aryl methyl sites for hydroxylation is 1. The van der Waals surface area contributed by atoms with E-state index in [0.717, 1.165) is 36.8 Å². The second kappa shape index (κ2) is 10.8. The number of anilines is 3. The number of aromatic nitrogens is 4. The van der Waals surface area contributed by atoms with E-state index >= 15 is 0 Å². The van der Waals surface area contributed by atoms with Crippen molar-refractivity contribution in [2.24, 2.45) is 5.92 Å². The number of hydrogen-bond acceptors (Lipinski definition) is 8. The number of imidazole rings is 1. The van der Waals surface area contributed by atoms with Gasteiger partial charge in [-0.2, -0.15) is 4.52 Å². The summed E-state index contributed by atoms with van der Waals surface area (Å²) in [5.74, 6) is 1.28. The van der Waals surface area contributed by atoms with Crippen LogP contribution in [0.15, 0.2) is 36.4 Å². The van der Waals surface area contributed by atoms with Crippen molar-refractivity contribution in [1.29, 1.82) is 0 Å². The molecule has 1 saturated heterocycles. The number of carbonyl (C=O) groups is 1. The summed E-state index contributed by atoms with van der Waals surface area (Å²) in [6.07, 6.45) is 1.96. The maximum absolute atomic E-state index is 13.5. The summed E-state index contributed by atoms with van der Waals surface area (Å²) in [6, 6.07) is 9.93. The minimum Gasteiger partial charge on any atom is -0.460 e. The van der Waals surface area contributed by atoms with Crippen molar-refractivity contribution in [3.63, 3.8) is 0 Å². The molecule has 1 aromatic carbocycles. The van der Waals surface area contributed by atoms with Gasteiger partial charge in [0.25, 0.3) is 5.00 Å². The molecule has 0 saturated carbocycles. The van der Waals surface area contributed by atoms with Gasteiger partial charge < -0.3 is 14.5 Å². The van der Waals surface area contributed by atoms with Gasteiger partial charge in [-0.1, -0.05) is 19.1 Å². The highest BCUT2D eigenvalue weighted by Gasteiger charge is 2.29. The molecular formula is C29H32FN7O2S.